The second-order valence-electron chi connectivity index (χ2n) is 10.1. The molecular weight excluding hydrogens is 526 g/mol. The van der Waals surface area contributed by atoms with Gasteiger partial charge in [-0.3, -0.25) is 13.9 Å². The molecule has 40 heavy (non-hydrogen) atoms. The number of hydrogen-bond acceptors (Lipinski definition) is 5. The third kappa shape index (κ3) is 7.85. The van der Waals surface area contributed by atoms with Crippen molar-refractivity contribution < 1.29 is 22.7 Å². The minimum atomic E-state index is -4.14. The molecule has 0 spiro atoms. The summed E-state index contributed by atoms with van der Waals surface area (Å²) >= 11 is 0. The zero-order valence-corrected chi connectivity index (χ0v) is 24.6. The Morgan fingerprint density at radius 3 is 2.23 bits per heavy atom. The van der Waals surface area contributed by atoms with E-state index in [2.05, 4.69) is 5.32 Å². The molecule has 2 amide bonds. The number of carbonyl (C=O) groups is 2. The van der Waals surface area contributed by atoms with Crippen LogP contribution in [0.5, 0.6) is 5.75 Å². The second-order valence-corrected chi connectivity index (χ2v) is 12.0. The van der Waals surface area contributed by atoms with E-state index in [-0.39, 0.29) is 29.0 Å². The van der Waals surface area contributed by atoms with Gasteiger partial charge in [-0.2, -0.15) is 0 Å². The van der Waals surface area contributed by atoms with Gasteiger partial charge in [0, 0.05) is 19.2 Å². The van der Waals surface area contributed by atoms with Crippen molar-refractivity contribution >= 4 is 27.5 Å². The van der Waals surface area contributed by atoms with Crippen LogP contribution in [0.3, 0.4) is 0 Å². The lowest BCUT2D eigenvalue weighted by Crippen LogP contribution is -2.52. The van der Waals surface area contributed by atoms with Crippen LogP contribution in [0, 0.1) is 12.8 Å². The van der Waals surface area contributed by atoms with E-state index >= 15 is 0 Å². The van der Waals surface area contributed by atoms with Gasteiger partial charge in [0.25, 0.3) is 10.0 Å². The molecule has 0 heterocycles. The Kier molecular flexibility index (Phi) is 10.7. The largest absolute Gasteiger partial charge is 0.497 e. The molecule has 9 heteroatoms. The molecule has 0 bridgehead atoms. The van der Waals surface area contributed by atoms with E-state index in [1.165, 1.54) is 24.1 Å². The van der Waals surface area contributed by atoms with E-state index in [9.17, 15) is 18.0 Å². The number of nitrogens with zero attached hydrogens (tertiary/aromatic N) is 2. The summed E-state index contributed by atoms with van der Waals surface area (Å²) in [5.74, 6) is -0.0682. The lowest BCUT2D eigenvalue weighted by atomic mass is 10.1. The van der Waals surface area contributed by atoms with E-state index in [4.69, 9.17) is 4.74 Å². The van der Waals surface area contributed by atoms with Crippen molar-refractivity contribution in [3.05, 3.63) is 90.0 Å². The summed E-state index contributed by atoms with van der Waals surface area (Å²) < 4.78 is 34.3. The highest BCUT2D eigenvalue weighted by Gasteiger charge is 2.33. The first-order valence-electron chi connectivity index (χ1n) is 13.4. The van der Waals surface area contributed by atoms with Gasteiger partial charge in [0.15, 0.2) is 0 Å². The van der Waals surface area contributed by atoms with Gasteiger partial charge in [-0.05, 0) is 49.1 Å². The summed E-state index contributed by atoms with van der Waals surface area (Å²) in [5.41, 5.74) is 2.03. The molecule has 1 N–H and O–H groups in total. The molecule has 0 fully saturated rings. The Hall–Kier alpha value is -3.85. The fourth-order valence-electron chi connectivity index (χ4n) is 4.25. The summed E-state index contributed by atoms with van der Waals surface area (Å²) in [6.07, 6.45) is 0.367. The highest BCUT2D eigenvalue weighted by atomic mass is 32.2. The molecule has 214 valence electrons. The van der Waals surface area contributed by atoms with Crippen LogP contribution in [0.4, 0.5) is 5.69 Å². The Morgan fingerprint density at radius 2 is 1.62 bits per heavy atom. The molecule has 3 aromatic rings. The molecule has 3 rings (SSSR count). The number of sulfonamides is 1. The van der Waals surface area contributed by atoms with E-state index in [0.717, 1.165) is 15.4 Å². The number of aryl methyl sites for hydroxylation is 1. The van der Waals surface area contributed by atoms with Crippen LogP contribution < -0.4 is 14.4 Å². The van der Waals surface area contributed by atoms with Crippen LogP contribution >= 0.6 is 0 Å². The van der Waals surface area contributed by atoms with Gasteiger partial charge >= 0.3 is 0 Å². The topological polar surface area (TPSA) is 96.0 Å². The maximum absolute atomic E-state index is 14.1. The van der Waals surface area contributed by atoms with Gasteiger partial charge in [-0.25, -0.2) is 8.42 Å². The van der Waals surface area contributed by atoms with Crippen LogP contribution in [0.25, 0.3) is 0 Å². The molecule has 0 aliphatic rings. The summed E-state index contributed by atoms with van der Waals surface area (Å²) in [4.78, 5) is 28.9. The number of anilines is 1. The van der Waals surface area contributed by atoms with Gasteiger partial charge in [-0.15, -0.1) is 0 Å². The molecular formula is C31H39N3O5S. The first-order valence-corrected chi connectivity index (χ1v) is 14.8. The Morgan fingerprint density at radius 1 is 0.950 bits per heavy atom. The SMILES string of the molecule is CC[C@H](C(=O)NCC(C)C)N(Cc1ccccc1)C(=O)CN(c1cccc(OC)c1)S(=O)(=O)c1ccc(C)cc1. The molecule has 0 aromatic heterocycles. The van der Waals surface area contributed by atoms with Crippen molar-refractivity contribution in [2.45, 2.75) is 51.6 Å². The first-order chi connectivity index (χ1) is 19.1. The lowest BCUT2D eigenvalue weighted by Gasteiger charge is -2.33. The molecule has 1 atom stereocenters. The smallest absolute Gasteiger partial charge is 0.264 e. The van der Waals surface area contributed by atoms with Crippen LogP contribution in [-0.4, -0.2) is 51.4 Å². The number of amides is 2. The minimum absolute atomic E-state index is 0.0602. The number of nitrogens with one attached hydrogen (secondary N) is 1. The van der Waals surface area contributed by atoms with Crippen molar-refractivity contribution in [3.63, 3.8) is 0 Å². The second kappa shape index (κ2) is 14.0. The predicted octanol–water partition coefficient (Wildman–Crippen LogP) is 4.78. The molecule has 0 saturated carbocycles. The monoisotopic (exact) mass is 565 g/mol. The number of ether oxygens (including phenoxy) is 1. The van der Waals surface area contributed by atoms with Gasteiger partial charge in [0.2, 0.25) is 11.8 Å². The van der Waals surface area contributed by atoms with Crippen molar-refractivity contribution in [1.82, 2.24) is 10.2 Å². The summed E-state index contributed by atoms with van der Waals surface area (Å²) in [7, 11) is -2.65. The van der Waals surface area contributed by atoms with Crippen LogP contribution in [-0.2, 0) is 26.2 Å². The van der Waals surface area contributed by atoms with Crippen LogP contribution in [0.15, 0.2) is 83.8 Å². The van der Waals surface area contributed by atoms with Gasteiger partial charge in [-0.1, -0.05) is 74.9 Å². The minimum Gasteiger partial charge on any atom is -0.497 e. The molecule has 8 nitrogen and oxygen atoms in total. The molecule has 0 radical (unpaired) electrons. The van der Waals surface area contributed by atoms with Gasteiger partial charge in [0.1, 0.15) is 18.3 Å². The predicted molar refractivity (Wildman–Crippen MR) is 158 cm³/mol. The summed E-state index contributed by atoms with van der Waals surface area (Å²) in [5, 5.41) is 2.93. The quantitative estimate of drug-likeness (QED) is 0.322. The van der Waals surface area contributed by atoms with E-state index < -0.39 is 28.5 Å². The normalized spacial score (nSPS) is 12.1. The maximum atomic E-state index is 14.1. The third-order valence-corrected chi connectivity index (χ3v) is 8.28. The Balaban J connectivity index is 2.05. The van der Waals surface area contributed by atoms with E-state index in [0.29, 0.717) is 18.7 Å². The standard InChI is InChI=1S/C31H39N3O5S/c1-6-29(31(36)32-20-23(2)3)33(21-25-11-8-7-9-12-25)30(35)22-34(26-13-10-14-27(19-26)39-5)40(37,38)28-17-15-24(4)16-18-28/h7-19,23,29H,6,20-22H2,1-5H3,(H,32,36)/t29-/m1/s1. The highest BCUT2D eigenvalue weighted by Crippen LogP contribution is 2.28. The number of hydrogen-bond donors (Lipinski definition) is 1. The zero-order valence-electron chi connectivity index (χ0n) is 23.8. The average Bonchev–Trinajstić information content (AvgIpc) is 2.95. The molecule has 0 aliphatic heterocycles. The number of carbonyl (C=O) groups excluding carboxylic acids is 2. The molecule has 0 saturated heterocycles. The fraction of sp³-hybridized carbons (Fsp3) is 0.355. The van der Waals surface area contributed by atoms with Gasteiger partial charge < -0.3 is 15.0 Å². The molecule has 3 aromatic carbocycles. The molecule has 0 unspecified atom stereocenters. The lowest BCUT2D eigenvalue weighted by molar-refractivity contribution is -0.140. The van der Waals surface area contributed by atoms with Crippen molar-refractivity contribution in [2.75, 3.05) is 24.5 Å². The van der Waals surface area contributed by atoms with E-state index in [1.54, 1.807) is 36.4 Å². The number of methoxy groups -OCH3 is 1. The average molecular weight is 566 g/mol. The van der Waals surface area contributed by atoms with Crippen molar-refractivity contribution in [2.24, 2.45) is 5.92 Å². The molecule has 0 aliphatic carbocycles. The number of benzene rings is 3. The first kappa shape index (κ1) is 30.7. The van der Waals surface area contributed by atoms with Crippen molar-refractivity contribution in [3.8, 4) is 5.75 Å². The Labute approximate surface area is 238 Å². The third-order valence-electron chi connectivity index (χ3n) is 6.50. The van der Waals surface area contributed by atoms with Crippen molar-refractivity contribution in [1.29, 1.82) is 0 Å². The maximum Gasteiger partial charge on any atom is 0.264 e. The summed E-state index contributed by atoms with van der Waals surface area (Å²) in [6.45, 7) is 7.84. The highest BCUT2D eigenvalue weighted by molar-refractivity contribution is 7.92. The fourth-order valence-corrected chi connectivity index (χ4v) is 5.66. The van der Waals surface area contributed by atoms with Crippen LogP contribution in [0.2, 0.25) is 0 Å². The Bertz CT molecular complexity index is 1380. The summed E-state index contributed by atoms with van der Waals surface area (Å²) in [6, 6.07) is 21.6. The zero-order chi connectivity index (χ0) is 29.3. The van der Waals surface area contributed by atoms with Gasteiger partial charge in [0.05, 0.1) is 17.7 Å². The number of rotatable bonds is 13. The van der Waals surface area contributed by atoms with Crippen LogP contribution in [0.1, 0.15) is 38.3 Å². The van der Waals surface area contributed by atoms with E-state index in [1.807, 2.05) is 58.0 Å².